The molecule has 0 aromatic heterocycles. The molecule has 21 heavy (non-hydrogen) atoms. The van der Waals surface area contributed by atoms with E-state index >= 15 is 0 Å². The van der Waals surface area contributed by atoms with Crippen LogP contribution in [0.5, 0.6) is 0 Å². The predicted molar refractivity (Wildman–Crippen MR) is 102 cm³/mol. The summed E-state index contributed by atoms with van der Waals surface area (Å²) >= 11 is 12.4. The van der Waals surface area contributed by atoms with Gasteiger partial charge in [-0.2, -0.15) is 0 Å². The fraction of sp³-hybridized carbons (Fsp3) is 0.500. The third-order valence-corrected chi connectivity index (χ3v) is 3.55. The minimum Gasteiger partial charge on any atom is -0.383 e. The van der Waals surface area contributed by atoms with Gasteiger partial charge in [0.05, 0.1) is 6.61 Å². The van der Waals surface area contributed by atoms with E-state index in [0.29, 0.717) is 29.7 Å². The molecule has 1 rings (SSSR count). The van der Waals surface area contributed by atoms with Crippen molar-refractivity contribution in [2.24, 2.45) is 4.99 Å². The Balaban J connectivity index is 0.00000400. The van der Waals surface area contributed by atoms with Gasteiger partial charge in [0.15, 0.2) is 5.96 Å². The Bertz CT molecular complexity index is 438. The molecule has 0 amide bonds. The van der Waals surface area contributed by atoms with E-state index in [0.717, 1.165) is 11.5 Å². The second-order valence-corrected chi connectivity index (χ2v) is 5.22. The number of ether oxygens (including phenoxy) is 1. The van der Waals surface area contributed by atoms with Crippen LogP contribution in [-0.2, 0) is 4.74 Å². The summed E-state index contributed by atoms with van der Waals surface area (Å²) in [6, 6.07) is 5.55. The van der Waals surface area contributed by atoms with Crippen LogP contribution in [0.4, 0.5) is 0 Å². The normalized spacial score (nSPS) is 12.5. The molecule has 4 nitrogen and oxygen atoms in total. The third-order valence-electron chi connectivity index (χ3n) is 2.89. The Hall–Kier alpha value is -0.240. The van der Waals surface area contributed by atoms with Gasteiger partial charge in [-0.3, -0.25) is 4.99 Å². The molecule has 0 saturated heterocycles. The average molecular weight is 446 g/mol. The maximum Gasteiger partial charge on any atom is 0.191 e. The SMILES string of the molecule is CN=C(NCCOC)NCC(C)c1c(Cl)cccc1Cl.I. The Morgan fingerprint density at radius 3 is 2.43 bits per heavy atom. The number of nitrogens with zero attached hydrogens (tertiary/aromatic N) is 1. The minimum atomic E-state index is 0. The molecule has 0 saturated carbocycles. The monoisotopic (exact) mass is 445 g/mol. The summed E-state index contributed by atoms with van der Waals surface area (Å²) in [6.45, 7) is 4.10. The topological polar surface area (TPSA) is 45.7 Å². The standard InChI is InChI=1S/C14H21Cl2N3O.HI/c1-10(13-11(15)5-4-6-12(13)16)9-19-14(17-2)18-7-8-20-3;/h4-6,10H,7-9H2,1-3H3,(H2,17,18,19);1H. The van der Waals surface area contributed by atoms with E-state index in [-0.39, 0.29) is 29.9 Å². The van der Waals surface area contributed by atoms with Crippen molar-refractivity contribution in [2.75, 3.05) is 33.9 Å². The Labute approximate surface area is 153 Å². The summed E-state index contributed by atoms with van der Waals surface area (Å²) in [7, 11) is 3.40. The second kappa shape index (κ2) is 11.3. The first-order valence-corrected chi connectivity index (χ1v) is 7.23. The maximum absolute atomic E-state index is 6.20. The fourth-order valence-corrected chi connectivity index (χ4v) is 2.60. The lowest BCUT2D eigenvalue weighted by Crippen LogP contribution is -2.40. The molecular formula is C14H22Cl2IN3O. The van der Waals surface area contributed by atoms with Crippen molar-refractivity contribution in [2.45, 2.75) is 12.8 Å². The molecule has 7 heteroatoms. The lowest BCUT2D eigenvalue weighted by atomic mass is 10.0. The first kappa shape index (κ1) is 20.8. The van der Waals surface area contributed by atoms with E-state index < -0.39 is 0 Å². The summed E-state index contributed by atoms with van der Waals surface area (Å²) in [6.07, 6.45) is 0. The van der Waals surface area contributed by atoms with Crippen molar-refractivity contribution in [1.82, 2.24) is 10.6 Å². The van der Waals surface area contributed by atoms with Crippen LogP contribution in [0.3, 0.4) is 0 Å². The van der Waals surface area contributed by atoms with Gasteiger partial charge in [0.2, 0.25) is 0 Å². The molecule has 0 radical (unpaired) electrons. The lowest BCUT2D eigenvalue weighted by Gasteiger charge is -2.18. The molecule has 1 unspecified atom stereocenters. The van der Waals surface area contributed by atoms with Crippen LogP contribution in [0, 0.1) is 0 Å². The second-order valence-electron chi connectivity index (χ2n) is 4.41. The van der Waals surface area contributed by atoms with E-state index in [4.69, 9.17) is 27.9 Å². The van der Waals surface area contributed by atoms with E-state index in [1.165, 1.54) is 0 Å². The Morgan fingerprint density at radius 1 is 1.29 bits per heavy atom. The van der Waals surface area contributed by atoms with Crippen LogP contribution in [-0.4, -0.2) is 39.8 Å². The van der Waals surface area contributed by atoms with Crippen molar-refractivity contribution < 1.29 is 4.74 Å². The fourth-order valence-electron chi connectivity index (χ4n) is 1.83. The van der Waals surface area contributed by atoms with Crippen LogP contribution in [0.15, 0.2) is 23.2 Å². The summed E-state index contributed by atoms with van der Waals surface area (Å²) < 4.78 is 4.98. The lowest BCUT2D eigenvalue weighted by molar-refractivity contribution is 0.203. The van der Waals surface area contributed by atoms with Gasteiger partial charge in [-0.25, -0.2) is 0 Å². The summed E-state index contributed by atoms with van der Waals surface area (Å²) in [4.78, 5) is 4.14. The molecule has 1 aromatic rings. The number of aliphatic imine (C=N–C) groups is 1. The van der Waals surface area contributed by atoms with Crippen LogP contribution in [0.2, 0.25) is 10.0 Å². The highest BCUT2D eigenvalue weighted by Crippen LogP contribution is 2.30. The van der Waals surface area contributed by atoms with Gasteiger partial charge in [0, 0.05) is 43.2 Å². The van der Waals surface area contributed by atoms with Crippen molar-refractivity contribution in [1.29, 1.82) is 0 Å². The Kier molecular flexibility index (Phi) is 11.2. The van der Waals surface area contributed by atoms with Gasteiger partial charge >= 0.3 is 0 Å². The zero-order chi connectivity index (χ0) is 15.0. The number of rotatable bonds is 6. The number of guanidine groups is 1. The molecule has 2 N–H and O–H groups in total. The molecule has 1 aromatic carbocycles. The molecule has 1 atom stereocenters. The molecule has 0 aliphatic rings. The van der Waals surface area contributed by atoms with E-state index in [9.17, 15) is 0 Å². The molecule has 120 valence electrons. The van der Waals surface area contributed by atoms with Gasteiger partial charge in [0.1, 0.15) is 0 Å². The highest BCUT2D eigenvalue weighted by Gasteiger charge is 2.13. The highest BCUT2D eigenvalue weighted by atomic mass is 127. The molecule has 0 aliphatic heterocycles. The van der Waals surface area contributed by atoms with Crippen LogP contribution in [0.25, 0.3) is 0 Å². The number of halogens is 3. The summed E-state index contributed by atoms with van der Waals surface area (Å²) in [5.74, 6) is 0.911. The van der Waals surface area contributed by atoms with E-state index in [1.54, 1.807) is 14.2 Å². The molecular weight excluding hydrogens is 424 g/mol. The zero-order valence-corrected chi connectivity index (χ0v) is 16.3. The Morgan fingerprint density at radius 2 is 1.90 bits per heavy atom. The van der Waals surface area contributed by atoms with Crippen molar-refractivity contribution in [3.8, 4) is 0 Å². The van der Waals surface area contributed by atoms with Crippen molar-refractivity contribution in [3.63, 3.8) is 0 Å². The largest absolute Gasteiger partial charge is 0.383 e. The number of hydrogen-bond donors (Lipinski definition) is 2. The summed E-state index contributed by atoms with van der Waals surface area (Å²) in [5.41, 5.74) is 0.954. The zero-order valence-electron chi connectivity index (χ0n) is 12.5. The quantitative estimate of drug-likeness (QED) is 0.304. The molecule has 0 spiro atoms. The number of hydrogen-bond acceptors (Lipinski definition) is 2. The van der Waals surface area contributed by atoms with Gasteiger partial charge < -0.3 is 15.4 Å². The molecule has 0 bridgehead atoms. The summed E-state index contributed by atoms with van der Waals surface area (Å²) in [5, 5.41) is 7.78. The van der Waals surface area contributed by atoms with Gasteiger partial charge in [0.25, 0.3) is 0 Å². The van der Waals surface area contributed by atoms with E-state index in [1.807, 2.05) is 18.2 Å². The maximum atomic E-state index is 6.20. The van der Waals surface area contributed by atoms with Crippen molar-refractivity contribution >= 4 is 53.1 Å². The van der Waals surface area contributed by atoms with Crippen LogP contribution < -0.4 is 10.6 Å². The minimum absolute atomic E-state index is 0. The van der Waals surface area contributed by atoms with Crippen LogP contribution in [0.1, 0.15) is 18.4 Å². The molecule has 0 fully saturated rings. The highest BCUT2D eigenvalue weighted by molar-refractivity contribution is 14.0. The number of nitrogens with one attached hydrogen (secondary N) is 2. The predicted octanol–water partition coefficient (Wildman–Crippen LogP) is 3.53. The van der Waals surface area contributed by atoms with Gasteiger partial charge in [-0.15, -0.1) is 24.0 Å². The number of benzene rings is 1. The smallest absolute Gasteiger partial charge is 0.191 e. The first-order chi connectivity index (χ1) is 9.60. The molecule has 0 aliphatic carbocycles. The number of methoxy groups -OCH3 is 1. The van der Waals surface area contributed by atoms with Crippen molar-refractivity contribution in [3.05, 3.63) is 33.8 Å². The van der Waals surface area contributed by atoms with Gasteiger partial charge in [-0.05, 0) is 17.7 Å². The molecule has 0 heterocycles. The van der Waals surface area contributed by atoms with Crippen LogP contribution >= 0.6 is 47.2 Å². The average Bonchev–Trinajstić information content (AvgIpc) is 2.42. The van der Waals surface area contributed by atoms with E-state index in [2.05, 4.69) is 22.5 Å². The van der Waals surface area contributed by atoms with Gasteiger partial charge in [-0.1, -0.05) is 36.2 Å². The third kappa shape index (κ3) is 7.04. The first-order valence-electron chi connectivity index (χ1n) is 6.47.